The van der Waals surface area contributed by atoms with Crippen molar-refractivity contribution in [3.63, 3.8) is 0 Å². The van der Waals surface area contributed by atoms with Gasteiger partial charge in [-0.3, -0.25) is 0 Å². The Kier molecular flexibility index (Phi) is 5.30. The molecule has 0 radical (unpaired) electrons. The highest BCUT2D eigenvalue weighted by atomic mass is 79.9. The highest BCUT2D eigenvalue weighted by Crippen LogP contribution is 2.30. The predicted octanol–water partition coefficient (Wildman–Crippen LogP) is 5.48. The van der Waals surface area contributed by atoms with Crippen molar-refractivity contribution in [3.05, 3.63) is 61.0 Å². The summed E-state index contributed by atoms with van der Waals surface area (Å²) < 4.78 is 1.69. The molecule has 2 aromatic carbocycles. The van der Waals surface area contributed by atoms with Crippen LogP contribution in [0.4, 0.5) is 5.69 Å². The third kappa shape index (κ3) is 3.99. The van der Waals surface area contributed by atoms with Crippen LogP contribution in [0.2, 0.25) is 5.02 Å². The fourth-order valence-electron chi connectivity index (χ4n) is 1.80. The van der Waals surface area contributed by atoms with Gasteiger partial charge in [-0.1, -0.05) is 33.6 Å². The summed E-state index contributed by atoms with van der Waals surface area (Å²) in [6, 6.07) is 8.77. The molecule has 0 amide bonds. The summed E-state index contributed by atoms with van der Waals surface area (Å²) in [5.41, 5.74) is 3.11. The highest BCUT2D eigenvalue weighted by molar-refractivity contribution is 9.11. The molecule has 2 N–H and O–H groups in total. The minimum atomic E-state index is -0.941. The van der Waals surface area contributed by atoms with Gasteiger partial charge in [0.05, 0.1) is 11.3 Å². The van der Waals surface area contributed by atoms with Gasteiger partial charge >= 0.3 is 5.97 Å². The number of carbonyl (C=O) groups is 1. The Bertz CT molecular complexity index is 704. The monoisotopic (exact) mass is 431 g/mol. The fraction of sp³-hybridized carbons (Fsp3) is 0.133. The van der Waals surface area contributed by atoms with E-state index in [9.17, 15) is 4.79 Å². The molecule has 21 heavy (non-hydrogen) atoms. The molecule has 2 rings (SSSR count). The molecule has 6 heteroatoms. The third-order valence-electron chi connectivity index (χ3n) is 3.02. The molecule has 0 bridgehead atoms. The summed E-state index contributed by atoms with van der Waals surface area (Å²) >= 11 is 13.0. The van der Waals surface area contributed by atoms with Gasteiger partial charge in [0.2, 0.25) is 0 Å². The Hall–Kier alpha value is -1.04. The maximum absolute atomic E-state index is 10.9. The summed E-state index contributed by atoms with van der Waals surface area (Å²) in [7, 11) is 0. The van der Waals surface area contributed by atoms with Gasteiger partial charge in [-0.15, -0.1) is 0 Å². The molecule has 0 aliphatic heterocycles. The van der Waals surface area contributed by atoms with Crippen LogP contribution >= 0.6 is 43.5 Å². The average Bonchev–Trinajstić information content (AvgIpc) is 2.42. The molecule has 0 spiro atoms. The van der Waals surface area contributed by atoms with E-state index in [4.69, 9.17) is 16.7 Å². The first-order valence-electron chi connectivity index (χ1n) is 6.09. The number of anilines is 1. The van der Waals surface area contributed by atoms with Crippen molar-refractivity contribution in [2.75, 3.05) is 5.32 Å². The van der Waals surface area contributed by atoms with E-state index in [0.717, 1.165) is 25.8 Å². The van der Waals surface area contributed by atoms with Crippen LogP contribution in [0.3, 0.4) is 0 Å². The number of halogens is 3. The number of carboxylic acid groups (broad SMARTS) is 1. The number of nitrogens with one attached hydrogen (secondary N) is 1. The first-order chi connectivity index (χ1) is 9.88. The molecule has 0 saturated carbocycles. The molecule has 0 atom stereocenters. The fourth-order valence-corrected chi connectivity index (χ4v) is 3.08. The Morgan fingerprint density at radius 1 is 1.24 bits per heavy atom. The summed E-state index contributed by atoms with van der Waals surface area (Å²) in [6.07, 6.45) is 0. The first-order valence-corrected chi connectivity index (χ1v) is 8.06. The maximum Gasteiger partial charge on any atom is 0.335 e. The molecule has 0 aromatic heterocycles. The van der Waals surface area contributed by atoms with Crippen molar-refractivity contribution in [1.82, 2.24) is 0 Å². The molecule has 2 aromatic rings. The van der Waals surface area contributed by atoms with Gasteiger partial charge in [-0.2, -0.15) is 0 Å². The van der Waals surface area contributed by atoms with Crippen LogP contribution in [-0.2, 0) is 6.54 Å². The Balaban J connectivity index is 2.17. The van der Waals surface area contributed by atoms with Gasteiger partial charge in [0.25, 0.3) is 0 Å². The van der Waals surface area contributed by atoms with E-state index >= 15 is 0 Å². The number of carboxylic acids is 1. The number of rotatable bonds is 4. The number of hydrogen-bond acceptors (Lipinski definition) is 2. The number of benzene rings is 2. The third-order valence-corrected chi connectivity index (χ3v) is 4.82. The largest absolute Gasteiger partial charge is 0.478 e. The maximum atomic E-state index is 10.9. The van der Waals surface area contributed by atoms with Crippen molar-refractivity contribution >= 4 is 55.1 Å². The van der Waals surface area contributed by atoms with Gasteiger partial charge in [0, 0.05) is 20.5 Å². The quantitative estimate of drug-likeness (QED) is 0.671. The van der Waals surface area contributed by atoms with Crippen molar-refractivity contribution < 1.29 is 9.90 Å². The van der Waals surface area contributed by atoms with Crippen molar-refractivity contribution in [2.45, 2.75) is 13.5 Å². The zero-order valence-electron chi connectivity index (χ0n) is 11.1. The van der Waals surface area contributed by atoms with Crippen LogP contribution in [0, 0.1) is 6.92 Å². The summed E-state index contributed by atoms with van der Waals surface area (Å²) in [5.74, 6) is -0.941. The van der Waals surface area contributed by atoms with Crippen molar-refractivity contribution in [2.24, 2.45) is 0 Å². The zero-order valence-corrected chi connectivity index (χ0v) is 15.0. The minimum absolute atomic E-state index is 0.255. The van der Waals surface area contributed by atoms with Crippen molar-refractivity contribution in [3.8, 4) is 0 Å². The topological polar surface area (TPSA) is 49.3 Å². The van der Waals surface area contributed by atoms with Gasteiger partial charge in [0.1, 0.15) is 0 Å². The zero-order chi connectivity index (χ0) is 15.6. The predicted molar refractivity (Wildman–Crippen MR) is 92.3 cm³/mol. The Labute approximate surface area is 144 Å². The van der Waals surface area contributed by atoms with E-state index in [1.807, 2.05) is 19.1 Å². The molecule has 110 valence electrons. The normalized spacial score (nSPS) is 10.5. The van der Waals surface area contributed by atoms with E-state index in [-0.39, 0.29) is 5.56 Å². The van der Waals surface area contributed by atoms with Gasteiger partial charge in [-0.05, 0) is 58.2 Å². The standard InChI is InChI=1S/C15H12Br2ClNO2/c1-8-4-12(17)14(6-13(8)18)19-7-10-3-2-9(15(20)21)5-11(10)16/h2-6,19H,7H2,1H3,(H,20,21). The lowest BCUT2D eigenvalue weighted by molar-refractivity contribution is 0.0697. The summed E-state index contributed by atoms with van der Waals surface area (Å²) in [4.78, 5) is 10.9. The van der Waals surface area contributed by atoms with Gasteiger partial charge in [-0.25, -0.2) is 4.79 Å². The number of hydrogen-bond donors (Lipinski definition) is 2. The van der Waals surface area contributed by atoms with E-state index in [1.165, 1.54) is 0 Å². The van der Waals surface area contributed by atoms with E-state index in [0.29, 0.717) is 11.6 Å². The molecule has 0 saturated heterocycles. The SMILES string of the molecule is Cc1cc(Br)c(NCc2ccc(C(=O)O)cc2Br)cc1Cl. The van der Waals surface area contributed by atoms with Crippen LogP contribution in [0.1, 0.15) is 21.5 Å². The number of aromatic carboxylic acids is 1. The van der Waals surface area contributed by atoms with Crippen LogP contribution in [0.5, 0.6) is 0 Å². The molecule has 0 heterocycles. The molecule has 0 fully saturated rings. The molecule has 0 aliphatic carbocycles. The van der Waals surface area contributed by atoms with Crippen molar-refractivity contribution in [1.29, 1.82) is 0 Å². The average molecular weight is 434 g/mol. The lowest BCUT2D eigenvalue weighted by Crippen LogP contribution is -2.03. The molecular weight excluding hydrogens is 421 g/mol. The van der Waals surface area contributed by atoms with Crippen LogP contribution in [0.15, 0.2) is 39.3 Å². The van der Waals surface area contributed by atoms with Crippen LogP contribution < -0.4 is 5.32 Å². The van der Waals surface area contributed by atoms with Crippen LogP contribution in [-0.4, -0.2) is 11.1 Å². The second-order valence-electron chi connectivity index (χ2n) is 4.55. The lowest BCUT2D eigenvalue weighted by atomic mass is 10.1. The van der Waals surface area contributed by atoms with Crippen LogP contribution in [0.25, 0.3) is 0 Å². The summed E-state index contributed by atoms with van der Waals surface area (Å²) in [6.45, 7) is 2.50. The second-order valence-corrected chi connectivity index (χ2v) is 6.66. The molecule has 3 nitrogen and oxygen atoms in total. The Morgan fingerprint density at radius 2 is 1.95 bits per heavy atom. The summed E-state index contributed by atoms with van der Waals surface area (Å²) in [5, 5.41) is 12.9. The molecule has 0 unspecified atom stereocenters. The molecule has 0 aliphatic rings. The van der Waals surface area contributed by atoms with E-state index in [2.05, 4.69) is 37.2 Å². The Morgan fingerprint density at radius 3 is 2.57 bits per heavy atom. The number of aryl methyl sites for hydroxylation is 1. The smallest absolute Gasteiger partial charge is 0.335 e. The van der Waals surface area contributed by atoms with E-state index in [1.54, 1.807) is 18.2 Å². The second kappa shape index (κ2) is 6.81. The van der Waals surface area contributed by atoms with Gasteiger partial charge in [0.15, 0.2) is 0 Å². The highest BCUT2D eigenvalue weighted by Gasteiger charge is 2.08. The minimum Gasteiger partial charge on any atom is -0.478 e. The lowest BCUT2D eigenvalue weighted by Gasteiger charge is -2.12. The first kappa shape index (κ1) is 16.3. The van der Waals surface area contributed by atoms with Gasteiger partial charge < -0.3 is 10.4 Å². The van der Waals surface area contributed by atoms with E-state index < -0.39 is 5.97 Å². The molecular formula is C15H12Br2ClNO2.